The van der Waals surface area contributed by atoms with Gasteiger partial charge in [0.2, 0.25) is 5.91 Å². The van der Waals surface area contributed by atoms with Gasteiger partial charge in [-0.1, -0.05) is 0 Å². The Hall–Kier alpha value is -0.940. The quantitative estimate of drug-likeness (QED) is 0.771. The van der Waals surface area contributed by atoms with E-state index in [4.69, 9.17) is 10.2 Å². The minimum absolute atomic E-state index is 0.241. The van der Waals surface area contributed by atoms with Crippen LogP contribution in [-0.4, -0.2) is 24.2 Å². The van der Waals surface area contributed by atoms with Crippen molar-refractivity contribution in [1.82, 2.24) is 5.32 Å². The van der Waals surface area contributed by atoms with Gasteiger partial charge in [0.15, 0.2) is 0 Å². The average Bonchev–Trinajstić information content (AvgIpc) is 3.03. The van der Waals surface area contributed by atoms with Crippen molar-refractivity contribution in [1.29, 1.82) is 0 Å². The Bertz CT molecular complexity index is 376. The fourth-order valence-corrected chi connectivity index (χ4v) is 3.38. The molecule has 1 saturated carbocycles. The second kappa shape index (κ2) is 5.14. The van der Waals surface area contributed by atoms with Crippen molar-refractivity contribution in [2.75, 3.05) is 12.8 Å². The second-order valence-electron chi connectivity index (χ2n) is 4.43. The molecule has 0 bridgehead atoms. The normalized spacial score (nSPS) is 18.9. The smallest absolute Gasteiger partial charge is 0.238 e. The number of thioether (sulfide) groups is 1. The second-order valence-corrected chi connectivity index (χ2v) is 5.42. The number of furan rings is 1. The van der Waals surface area contributed by atoms with Crippen molar-refractivity contribution in [3.8, 4) is 0 Å². The Morgan fingerprint density at radius 2 is 2.47 bits per heavy atom. The van der Waals surface area contributed by atoms with E-state index in [1.54, 1.807) is 18.0 Å². The van der Waals surface area contributed by atoms with Gasteiger partial charge in [-0.3, -0.25) is 4.79 Å². The minimum atomic E-state index is -0.544. The molecular weight excluding hydrogens is 236 g/mol. The molecule has 1 unspecified atom stereocenters. The van der Waals surface area contributed by atoms with Crippen LogP contribution in [0.2, 0.25) is 0 Å². The third-order valence-electron chi connectivity index (χ3n) is 3.31. The first-order valence-corrected chi connectivity index (χ1v) is 6.93. The van der Waals surface area contributed by atoms with Crippen LogP contribution in [0.4, 0.5) is 0 Å². The SMILES string of the molecule is CNC(CSCc1ccco1)(C(N)=O)C1CC1. The molecule has 94 valence electrons. The van der Waals surface area contributed by atoms with Gasteiger partial charge >= 0.3 is 0 Å². The van der Waals surface area contributed by atoms with E-state index in [-0.39, 0.29) is 5.91 Å². The van der Waals surface area contributed by atoms with Gasteiger partial charge in [0.1, 0.15) is 11.3 Å². The number of carbonyl (C=O) groups excluding carboxylic acids is 1. The fraction of sp³-hybridized carbons (Fsp3) is 0.583. The third kappa shape index (κ3) is 2.66. The number of nitrogens with two attached hydrogens (primary N) is 1. The van der Waals surface area contributed by atoms with Crippen LogP contribution in [-0.2, 0) is 10.5 Å². The molecule has 4 nitrogen and oxygen atoms in total. The summed E-state index contributed by atoms with van der Waals surface area (Å²) in [6, 6.07) is 3.81. The summed E-state index contributed by atoms with van der Waals surface area (Å²) in [5.41, 5.74) is 5.00. The van der Waals surface area contributed by atoms with Gasteiger partial charge in [0, 0.05) is 5.75 Å². The van der Waals surface area contributed by atoms with Crippen molar-refractivity contribution in [3.63, 3.8) is 0 Å². The minimum Gasteiger partial charge on any atom is -0.468 e. The molecule has 0 spiro atoms. The van der Waals surface area contributed by atoms with Crippen LogP contribution in [0.15, 0.2) is 22.8 Å². The predicted molar refractivity (Wildman–Crippen MR) is 68.6 cm³/mol. The summed E-state index contributed by atoms with van der Waals surface area (Å²) in [6.45, 7) is 0. The molecule has 0 radical (unpaired) electrons. The predicted octanol–water partition coefficient (Wildman–Crippen LogP) is 1.37. The van der Waals surface area contributed by atoms with Crippen LogP contribution in [0.1, 0.15) is 18.6 Å². The maximum atomic E-state index is 11.6. The number of amides is 1. The maximum Gasteiger partial charge on any atom is 0.238 e. The summed E-state index contributed by atoms with van der Waals surface area (Å²) in [5, 5.41) is 3.13. The van der Waals surface area contributed by atoms with Gasteiger partial charge in [-0.25, -0.2) is 0 Å². The fourth-order valence-electron chi connectivity index (χ4n) is 2.07. The van der Waals surface area contributed by atoms with Gasteiger partial charge in [-0.05, 0) is 37.9 Å². The summed E-state index contributed by atoms with van der Waals surface area (Å²) in [6.07, 6.45) is 3.84. The Labute approximate surface area is 105 Å². The van der Waals surface area contributed by atoms with Gasteiger partial charge in [-0.2, -0.15) is 11.8 Å². The van der Waals surface area contributed by atoms with Crippen LogP contribution >= 0.6 is 11.8 Å². The highest BCUT2D eigenvalue weighted by molar-refractivity contribution is 7.98. The molecule has 1 amide bonds. The molecule has 1 fully saturated rings. The van der Waals surface area contributed by atoms with Crippen molar-refractivity contribution in [2.24, 2.45) is 11.7 Å². The molecule has 2 rings (SSSR count). The Balaban J connectivity index is 1.91. The van der Waals surface area contributed by atoms with Gasteiger partial charge < -0.3 is 15.5 Å². The monoisotopic (exact) mass is 254 g/mol. The van der Waals surface area contributed by atoms with E-state index < -0.39 is 5.54 Å². The van der Waals surface area contributed by atoms with Crippen molar-refractivity contribution < 1.29 is 9.21 Å². The summed E-state index contributed by atoms with van der Waals surface area (Å²) in [5.74, 6) is 2.56. The van der Waals surface area contributed by atoms with E-state index in [0.29, 0.717) is 11.7 Å². The van der Waals surface area contributed by atoms with Crippen LogP contribution in [0, 0.1) is 5.92 Å². The molecule has 1 aliphatic rings. The van der Waals surface area contributed by atoms with Crippen LogP contribution in [0.25, 0.3) is 0 Å². The Morgan fingerprint density at radius 3 is 2.94 bits per heavy atom. The van der Waals surface area contributed by atoms with E-state index in [9.17, 15) is 4.79 Å². The summed E-state index contributed by atoms with van der Waals surface area (Å²) in [7, 11) is 1.82. The number of rotatable bonds is 7. The molecule has 1 aliphatic carbocycles. The van der Waals surface area contributed by atoms with Crippen molar-refractivity contribution in [3.05, 3.63) is 24.2 Å². The molecular formula is C12H18N2O2S. The number of hydrogen-bond acceptors (Lipinski definition) is 4. The lowest BCUT2D eigenvalue weighted by Crippen LogP contribution is -2.57. The van der Waals surface area contributed by atoms with E-state index in [0.717, 1.165) is 24.4 Å². The Morgan fingerprint density at radius 1 is 1.71 bits per heavy atom. The lowest BCUT2D eigenvalue weighted by Gasteiger charge is -2.29. The topological polar surface area (TPSA) is 68.3 Å². The molecule has 0 aromatic carbocycles. The van der Waals surface area contributed by atoms with E-state index in [1.165, 1.54) is 0 Å². The van der Waals surface area contributed by atoms with Gasteiger partial charge in [-0.15, -0.1) is 0 Å². The van der Waals surface area contributed by atoms with Crippen molar-refractivity contribution in [2.45, 2.75) is 24.1 Å². The Kier molecular flexibility index (Phi) is 3.79. The summed E-state index contributed by atoms with van der Waals surface area (Å²) >= 11 is 1.68. The zero-order chi connectivity index (χ0) is 12.3. The van der Waals surface area contributed by atoms with Gasteiger partial charge in [0.25, 0.3) is 0 Å². The number of primary amides is 1. The lowest BCUT2D eigenvalue weighted by molar-refractivity contribution is -0.124. The maximum absolute atomic E-state index is 11.6. The number of carbonyl (C=O) groups is 1. The number of likely N-dealkylation sites (N-methyl/N-ethyl adjacent to an activating group) is 1. The molecule has 0 aliphatic heterocycles. The lowest BCUT2D eigenvalue weighted by atomic mass is 9.95. The highest BCUT2D eigenvalue weighted by atomic mass is 32.2. The standard InChI is InChI=1S/C12H18N2O2S/c1-14-12(11(13)15,9-4-5-9)8-17-7-10-3-2-6-16-10/h2-3,6,9,14H,4-5,7-8H2,1H3,(H2,13,15). The van der Waals surface area contributed by atoms with E-state index in [2.05, 4.69) is 5.32 Å². The average molecular weight is 254 g/mol. The molecule has 1 aromatic rings. The third-order valence-corrected chi connectivity index (χ3v) is 4.46. The first-order valence-electron chi connectivity index (χ1n) is 5.78. The van der Waals surface area contributed by atoms with E-state index >= 15 is 0 Å². The van der Waals surface area contributed by atoms with Crippen LogP contribution in [0.3, 0.4) is 0 Å². The molecule has 5 heteroatoms. The molecule has 0 saturated heterocycles. The van der Waals surface area contributed by atoms with E-state index in [1.807, 2.05) is 19.2 Å². The van der Waals surface area contributed by atoms with Crippen LogP contribution < -0.4 is 11.1 Å². The molecule has 1 heterocycles. The highest BCUT2D eigenvalue weighted by Gasteiger charge is 2.48. The highest BCUT2D eigenvalue weighted by Crippen LogP contribution is 2.41. The molecule has 1 atom stereocenters. The zero-order valence-electron chi connectivity index (χ0n) is 9.94. The first kappa shape index (κ1) is 12.5. The first-order chi connectivity index (χ1) is 8.19. The van der Waals surface area contributed by atoms with Crippen LogP contribution in [0.5, 0.6) is 0 Å². The molecule has 3 N–H and O–H groups in total. The molecule has 1 aromatic heterocycles. The number of hydrogen-bond donors (Lipinski definition) is 2. The summed E-state index contributed by atoms with van der Waals surface area (Å²) < 4.78 is 5.26. The summed E-state index contributed by atoms with van der Waals surface area (Å²) in [4.78, 5) is 11.6. The largest absolute Gasteiger partial charge is 0.468 e. The molecule has 17 heavy (non-hydrogen) atoms. The number of nitrogens with one attached hydrogen (secondary N) is 1. The zero-order valence-corrected chi connectivity index (χ0v) is 10.8. The van der Waals surface area contributed by atoms with Crippen molar-refractivity contribution >= 4 is 17.7 Å². The van der Waals surface area contributed by atoms with Gasteiger partial charge in [0.05, 0.1) is 12.0 Å².